The predicted octanol–water partition coefficient (Wildman–Crippen LogP) is 1.30. The molecule has 2 aromatic heterocycles. The molecule has 11 nitrogen and oxygen atoms in total. The Bertz CT molecular complexity index is 1110. The van der Waals surface area contributed by atoms with E-state index in [4.69, 9.17) is 4.52 Å². The van der Waals surface area contributed by atoms with Gasteiger partial charge >= 0.3 is 0 Å². The summed E-state index contributed by atoms with van der Waals surface area (Å²) in [4.78, 5) is 10.6. The topological polar surface area (TPSA) is 133 Å². The van der Waals surface area contributed by atoms with Crippen molar-refractivity contribution in [2.24, 2.45) is 4.99 Å². The molecule has 32 heavy (non-hydrogen) atoms. The van der Waals surface area contributed by atoms with Crippen molar-refractivity contribution in [3.05, 3.63) is 54.2 Å². The number of H-pyrrole nitrogens is 1. The smallest absolute Gasteiger partial charge is 0.220 e. The van der Waals surface area contributed by atoms with E-state index >= 15 is 0 Å². The van der Waals surface area contributed by atoms with Gasteiger partial charge in [-0.1, -0.05) is 23.4 Å². The van der Waals surface area contributed by atoms with E-state index in [0.717, 1.165) is 17.1 Å². The van der Waals surface area contributed by atoms with Gasteiger partial charge in [0, 0.05) is 51.4 Å². The van der Waals surface area contributed by atoms with Crippen molar-refractivity contribution in [2.75, 3.05) is 33.2 Å². The van der Waals surface area contributed by atoms with E-state index in [0.29, 0.717) is 44.2 Å². The van der Waals surface area contributed by atoms with Crippen molar-refractivity contribution in [3.8, 4) is 11.4 Å². The average molecular weight is 572 g/mol. The first kappa shape index (κ1) is 24.1. The largest absolute Gasteiger partial charge is 0.364 e. The van der Waals surface area contributed by atoms with Gasteiger partial charge in [0.1, 0.15) is 18.3 Å². The molecule has 0 unspecified atom stereocenters. The fraction of sp³-hybridized carbons (Fsp3) is 0.368. The van der Waals surface area contributed by atoms with E-state index in [-0.39, 0.29) is 29.7 Å². The van der Waals surface area contributed by atoms with Crippen LogP contribution < -0.4 is 5.32 Å². The van der Waals surface area contributed by atoms with E-state index in [1.807, 2.05) is 24.3 Å². The van der Waals surface area contributed by atoms with Gasteiger partial charge in [-0.2, -0.15) is 9.40 Å². The van der Waals surface area contributed by atoms with Crippen LogP contribution in [-0.4, -0.2) is 77.1 Å². The highest BCUT2D eigenvalue weighted by molar-refractivity contribution is 14.0. The molecule has 0 amide bonds. The quantitative estimate of drug-likeness (QED) is 0.257. The molecule has 1 aromatic carbocycles. The van der Waals surface area contributed by atoms with Gasteiger partial charge in [-0.05, 0) is 11.6 Å². The van der Waals surface area contributed by atoms with Gasteiger partial charge in [0.25, 0.3) is 0 Å². The second-order valence-corrected chi connectivity index (χ2v) is 9.04. The maximum atomic E-state index is 12.6. The fourth-order valence-corrected chi connectivity index (χ4v) is 4.88. The summed E-state index contributed by atoms with van der Waals surface area (Å²) in [6.07, 6.45) is 2.85. The van der Waals surface area contributed by atoms with Gasteiger partial charge in [0.15, 0.2) is 11.8 Å². The molecule has 172 valence electrons. The number of guanidine groups is 1. The van der Waals surface area contributed by atoms with Crippen molar-refractivity contribution in [1.82, 2.24) is 34.9 Å². The molecule has 1 fully saturated rings. The Labute approximate surface area is 203 Å². The summed E-state index contributed by atoms with van der Waals surface area (Å²) in [5, 5.41) is 13.8. The summed E-state index contributed by atoms with van der Waals surface area (Å²) >= 11 is 0. The molecule has 0 radical (unpaired) electrons. The minimum atomic E-state index is -3.43. The summed E-state index contributed by atoms with van der Waals surface area (Å²) in [5.41, 5.74) is 2.44. The molecule has 13 heteroatoms. The van der Waals surface area contributed by atoms with E-state index in [1.54, 1.807) is 13.1 Å². The molecule has 0 aliphatic carbocycles. The number of nitrogens with zero attached hydrogens (tertiary/aromatic N) is 6. The third kappa shape index (κ3) is 5.83. The number of rotatable bonds is 6. The van der Waals surface area contributed by atoms with Gasteiger partial charge < -0.3 is 14.7 Å². The van der Waals surface area contributed by atoms with Crippen molar-refractivity contribution in [3.63, 3.8) is 0 Å². The molecule has 4 rings (SSSR count). The molecular formula is C19H25IN8O3S. The van der Waals surface area contributed by atoms with Crippen LogP contribution in [0, 0.1) is 0 Å². The van der Waals surface area contributed by atoms with E-state index in [1.165, 1.54) is 16.9 Å². The summed E-state index contributed by atoms with van der Waals surface area (Å²) in [5.74, 6) is 1.30. The number of halogens is 1. The van der Waals surface area contributed by atoms with Crippen LogP contribution >= 0.6 is 24.0 Å². The first-order valence-corrected chi connectivity index (χ1v) is 11.4. The maximum Gasteiger partial charge on any atom is 0.220 e. The number of aromatic nitrogens is 4. The van der Waals surface area contributed by atoms with E-state index < -0.39 is 10.0 Å². The number of sulfonamides is 1. The zero-order chi connectivity index (χ0) is 21.7. The monoisotopic (exact) mass is 572 g/mol. The Balaban J connectivity index is 0.00000289. The minimum Gasteiger partial charge on any atom is -0.364 e. The van der Waals surface area contributed by atoms with Crippen LogP contribution in [0.1, 0.15) is 11.3 Å². The molecule has 2 N–H and O–H groups in total. The number of hydrogen-bond donors (Lipinski definition) is 2. The SMILES string of the molecule is CN=C(NCc1cccc(-c2ncn[nH]2)c1)N1CCN(S(=O)(=O)Cc2ccon2)CC1.I. The normalized spacial score (nSPS) is 15.4. The molecular weight excluding hydrogens is 547 g/mol. The van der Waals surface area contributed by atoms with Crippen molar-refractivity contribution >= 4 is 40.0 Å². The summed E-state index contributed by atoms with van der Waals surface area (Å²) in [6.45, 7) is 2.47. The molecule has 0 saturated carbocycles. The van der Waals surface area contributed by atoms with Gasteiger partial charge in [0.05, 0.1) is 5.69 Å². The Morgan fingerprint density at radius 2 is 2.06 bits per heavy atom. The van der Waals surface area contributed by atoms with Crippen molar-refractivity contribution in [1.29, 1.82) is 0 Å². The lowest BCUT2D eigenvalue weighted by molar-refractivity contribution is 0.259. The third-order valence-corrected chi connectivity index (χ3v) is 6.84. The molecule has 1 aliphatic heterocycles. The maximum absolute atomic E-state index is 12.6. The average Bonchev–Trinajstić information content (AvgIpc) is 3.49. The van der Waals surface area contributed by atoms with Crippen LogP contribution in [0.4, 0.5) is 0 Å². The molecule has 1 aliphatic rings. The first-order valence-electron chi connectivity index (χ1n) is 9.82. The van der Waals surface area contributed by atoms with Gasteiger partial charge in [-0.3, -0.25) is 10.1 Å². The lowest BCUT2D eigenvalue weighted by Gasteiger charge is -2.35. The molecule has 3 heterocycles. The molecule has 0 atom stereocenters. The Morgan fingerprint density at radius 3 is 2.72 bits per heavy atom. The van der Waals surface area contributed by atoms with Gasteiger partial charge in [0.2, 0.25) is 10.0 Å². The summed E-state index contributed by atoms with van der Waals surface area (Å²) in [6, 6.07) is 9.56. The highest BCUT2D eigenvalue weighted by Gasteiger charge is 2.28. The van der Waals surface area contributed by atoms with Crippen LogP contribution in [0.15, 0.2) is 52.4 Å². The number of aromatic amines is 1. The van der Waals surface area contributed by atoms with E-state index in [2.05, 4.69) is 35.5 Å². The summed E-state index contributed by atoms with van der Waals surface area (Å²) in [7, 11) is -1.71. The second kappa shape index (κ2) is 10.9. The number of hydrogen-bond acceptors (Lipinski definition) is 7. The van der Waals surface area contributed by atoms with Crippen LogP contribution in [0.3, 0.4) is 0 Å². The standard InChI is InChI=1S/C19H24N8O3S.HI/c1-20-19(21-12-15-3-2-4-16(11-15)18-22-14-23-24-18)26-6-8-27(9-7-26)31(28,29)13-17-5-10-30-25-17;/h2-5,10-11,14H,6-9,12-13H2,1H3,(H,20,21)(H,22,23,24);1H. The highest BCUT2D eigenvalue weighted by atomic mass is 127. The van der Waals surface area contributed by atoms with Crippen molar-refractivity contribution < 1.29 is 12.9 Å². The fourth-order valence-electron chi connectivity index (χ4n) is 3.45. The van der Waals surface area contributed by atoms with Crippen LogP contribution in [0.5, 0.6) is 0 Å². The van der Waals surface area contributed by atoms with Crippen LogP contribution in [-0.2, 0) is 22.3 Å². The lowest BCUT2D eigenvalue weighted by atomic mass is 10.1. The zero-order valence-corrected chi connectivity index (χ0v) is 20.7. The van der Waals surface area contributed by atoms with Crippen LogP contribution in [0.2, 0.25) is 0 Å². The Morgan fingerprint density at radius 1 is 1.25 bits per heavy atom. The second-order valence-electron chi connectivity index (χ2n) is 7.07. The van der Waals surface area contributed by atoms with Crippen molar-refractivity contribution in [2.45, 2.75) is 12.3 Å². The van der Waals surface area contributed by atoms with E-state index in [9.17, 15) is 8.42 Å². The number of piperazine rings is 1. The zero-order valence-electron chi connectivity index (χ0n) is 17.5. The third-order valence-electron chi connectivity index (χ3n) is 5.03. The molecule has 0 spiro atoms. The molecule has 1 saturated heterocycles. The van der Waals surface area contributed by atoms with Crippen LogP contribution in [0.25, 0.3) is 11.4 Å². The minimum absolute atomic E-state index is 0. The predicted molar refractivity (Wildman–Crippen MR) is 130 cm³/mol. The molecule has 3 aromatic rings. The molecule has 0 bridgehead atoms. The Hall–Kier alpha value is -2.52. The first-order chi connectivity index (χ1) is 15.0. The number of aliphatic imine (C=N–C) groups is 1. The Kier molecular flexibility index (Phi) is 8.20. The van der Waals surface area contributed by atoms with Gasteiger partial charge in [-0.25, -0.2) is 13.4 Å². The lowest BCUT2D eigenvalue weighted by Crippen LogP contribution is -2.53. The summed E-state index contributed by atoms with van der Waals surface area (Å²) < 4.78 is 31.4. The number of benzene rings is 1. The van der Waals surface area contributed by atoms with Gasteiger partial charge in [-0.15, -0.1) is 24.0 Å². The highest BCUT2D eigenvalue weighted by Crippen LogP contribution is 2.16. The number of nitrogens with one attached hydrogen (secondary N) is 2.